The van der Waals surface area contributed by atoms with Crippen molar-refractivity contribution >= 4 is 11.8 Å². The number of piperazine rings is 1. The molecule has 4 N–H and O–H groups in total. The van der Waals surface area contributed by atoms with Crippen LogP contribution in [0.15, 0.2) is 79.1 Å². The number of hydrogen-bond acceptors (Lipinski definition) is 7. The Balaban J connectivity index is 1.31. The topological polar surface area (TPSA) is 118 Å². The van der Waals surface area contributed by atoms with Gasteiger partial charge in [-0.1, -0.05) is 67.6 Å². The van der Waals surface area contributed by atoms with Crippen LogP contribution in [0, 0.1) is 5.92 Å². The molecule has 6 atom stereocenters. The third-order valence-corrected chi connectivity index (χ3v) is 9.24. The molecular formula is C37H49N5O4. The third-order valence-electron chi connectivity index (χ3n) is 9.24. The Kier molecular flexibility index (Phi) is 10.9. The molecule has 246 valence electrons. The summed E-state index contributed by atoms with van der Waals surface area (Å²) in [5, 5.41) is 28.7. The minimum atomic E-state index is -0.850. The van der Waals surface area contributed by atoms with Crippen LogP contribution in [0.3, 0.4) is 0 Å². The molecule has 0 saturated carbocycles. The second kappa shape index (κ2) is 14.9. The van der Waals surface area contributed by atoms with E-state index in [1.807, 2.05) is 101 Å². The van der Waals surface area contributed by atoms with Crippen LogP contribution in [0.1, 0.15) is 68.3 Å². The summed E-state index contributed by atoms with van der Waals surface area (Å²) in [4.78, 5) is 36.2. The average molecular weight is 628 g/mol. The van der Waals surface area contributed by atoms with Gasteiger partial charge in [0.25, 0.3) is 0 Å². The van der Waals surface area contributed by atoms with Crippen molar-refractivity contribution in [2.45, 2.75) is 82.8 Å². The predicted octanol–water partition coefficient (Wildman–Crippen LogP) is 3.43. The summed E-state index contributed by atoms with van der Waals surface area (Å²) in [6, 6.07) is 20.7. The first-order valence-electron chi connectivity index (χ1n) is 16.4. The molecule has 5 rings (SSSR count). The quantitative estimate of drug-likeness (QED) is 0.257. The lowest BCUT2D eigenvalue weighted by molar-refractivity contribution is -0.132. The number of rotatable bonds is 11. The molecule has 2 heterocycles. The number of carbonyl (C=O) groups excluding carboxylic acids is 2. The largest absolute Gasteiger partial charge is 0.392 e. The standard InChI is InChI=1S/C37H49N5O4/c1-25(27-12-6-5-7-13-27)31(35(45)39-34-30-15-9-8-14-28(30)19-33(34)44)20-29(43)23-42-18-17-41(22-26-11-10-16-38-21-26)24-32(42)36(46)40-37(2,3)4/h5-16,21,25,29,31-34,43-44H,17-20,22-24H2,1-4H3,(H,39,45)(H,40,46)/t25-,29+,31+,32+,33-,34+/m1/s1. The summed E-state index contributed by atoms with van der Waals surface area (Å²) in [5.41, 5.74) is 3.67. The minimum Gasteiger partial charge on any atom is -0.392 e. The molecule has 0 bridgehead atoms. The summed E-state index contributed by atoms with van der Waals surface area (Å²) in [7, 11) is 0. The predicted molar refractivity (Wildman–Crippen MR) is 179 cm³/mol. The van der Waals surface area contributed by atoms with Crippen LogP contribution in [0.2, 0.25) is 0 Å². The zero-order valence-electron chi connectivity index (χ0n) is 27.5. The Morgan fingerprint density at radius 2 is 1.76 bits per heavy atom. The van der Waals surface area contributed by atoms with Crippen molar-refractivity contribution < 1.29 is 19.8 Å². The van der Waals surface area contributed by atoms with Gasteiger partial charge in [0, 0.05) is 63.0 Å². The molecule has 1 aromatic heterocycles. The molecule has 0 radical (unpaired) electrons. The zero-order chi connectivity index (χ0) is 32.8. The highest BCUT2D eigenvalue weighted by molar-refractivity contribution is 5.83. The number of aliphatic hydroxyl groups excluding tert-OH is 2. The number of nitrogens with zero attached hydrogens (tertiary/aromatic N) is 3. The van der Waals surface area contributed by atoms with Gasteiger partial charge < -0.3 is 20.8 Å². The first-order chi connectivity index (χ1) is 22.0. The van der Waals surface area contributed by atoms with Crippen LogP contribution in [0.5, 0.6) is 0 Å². The fourth-order valence-electron chi connectivity index (χ4n) is 6.86. The minimum absolute atomic E-state index is 0.0728. The highest BCUT2D eigenvalue weighted by Crippen LogP contribution is 2.34. The zero-order valence-corrected chi connectivity index (χ0v) is 27.5. The van der Waals surface area contributed by atoms with Crippen LogP contribution < -0.4 is 10.6 Å². The summed E-state index contributed by atoms with van der Waals surface area (Å²) < 4.78 is 0. The number of β-amino-alcohol motifs (C(OH)–C–C–N with tert-alkyl or cyclic N) is 1. The van der Waals surface area contributed by atoms with Crippen LogP contribution in [0.4, 0.5) is 0 Å². The fourth-order valence-corrected chi connectivity index (χ4v) is 6.86. The average Bonchev–Trinajstić information content (AvgIpc) is 3.34. The normalized spacial score (nSPS) is 22.4. The molecule has 0 spiro atoms. The van der Waals surface area contributed by atoms with Crippen LogP contribution in [0.25, 0.3) is 0 Å². The first-order valence-corrected chi connectivity index (χ1v) is 16.4. The molecule has 2 aromatic carbocycles. The molecule has 1 aliphatic carbocycles. The van der Waals surface area contributed by atoms with E-state index in [0.29, 0.717) is 26.1 Å². The summed E-state index contributed by atoms with van der Waals surface area (Å²) >= 11 is 0. The Bertz CT molecular complexity index is 1450. The SMILES string of the molecule is C[C@H](c1ccccc1)[C@H](C[C@H](O)CN1CCN(Cc2cccnc2)C[C@H]1C(=O)NC(C)(C)C)C(=O)N[C@H]1c2ccccc2C[C@H]1O. The van der Waals surface area contributed by atoms with Gasteiger partial charge in [0.1, 0.15) is 6.04 Å². The van der Waals surface area contributed by atoms with Gasteiger partial charge in [-0.3, -0.25) is 24.4 Å². The summed E-state index contributed by atoms with van der Waals surface area (Å²) in [6.07, 6.45) is 2.76. The number of nitrogens with one attached hydrogen (secondary N) is 2. The number of hydrogen-bond donors (Lipinski definition) is 4. The monoisotopic (exact) mass is 627 g/mol. The van der Waals surface area contributed by atoms with E-state index in [9.17, 15) is 19.8 Å². The number of amides is 2. The van der Waals surface area contributed by atoms with Gasteiger partial charge in [-0.25, -0.2) is 0 Å². The van der Waals surface area contributed by atoms with Gasteiger partial charge in [-0.2, -0.15) is 0 Å². The fraction of sp³-hybridized carbons (Fsp3) is 0.486. The number of pyridine rings is 1. The van der Waals surface area contributed by atoms with E-state index in [4.69, 9.17) is 0 Å². The van der Waals surface area contributed by atoms with Gasteiger partial charge in [0.15, 0.2) is 0 Å². The van der Waals surface area contributed by atoms with Crippen molar-refractivity contribution in [2.24, 2.45) is 5.92 Å². The maximum absolute atomic E-state index is 14.0. The maximum atomic E-state index is 14.0. The second-order valence-corrected chi connectivity index (χ2v) is 14.0. The smallest absolute Gasteiger partial charge is 0.239 e. The van der Waals surface area contributed by atoms with Crippen molar-refractivity contribution in [3.63, 3.8) is 0 Å². The van der Waals surface area contributed by atoms with Crippen molar-refractivity contribution in [1.29, 1.82) is 0 Å². The van der Waals surface area contributed by atoms with Gasteiger partial charge in [0.05, 0.1) is 18.2 Å². The van der Waals surface area contributed by atoms with E-state index in [0.717, 1.165) is 28.8 Å². The Morgan fingerprint density at radius 1 is 1.02 bits per heavy atom. The number of fused-ring (bicyclic) bond motifs is 1. The van der Waals surface area contributed by atoms with Crippen LogP contribution >= 0.6 is 0 Å². The van der Waals surface area contributed by atoms with Gasteiger partial charge in [-0.15, -0.1) is 0 Å². The molecule has 1 saturated heterocycles. The molecule has 3 aromatic rings. The molecule has 9 heteroatoms. The van der Waals surface area contributed by atoms with Crippen molar-refractivity contribution in [1.82, 2.24) is 25.4 Å². The summed E-state index contributed by atoms with van der Waals surface area (Å²) in [6.45, 7) is 10.7. The Morgan fingerprint density at radius 3 is 2.48 bits per heavy atom. The highest BCUT2D eigenvalue weighted by atomic mass is 16.3. The van der Waals surface area contributed by atoms with E-state index in [1.54, 1.807) is 6.20 Å². The van der Waals surface area contributed by atoms with Crippen molar-refractivity contribution in [3.8, 4) is 0 Å². The van der Waals surface area contributed by atoms with E-state index in [1.165, 1.54) is 0 Å². The number of carbonyl (C=O) groups is 2. The molecule has 46 heavy (non-hydrogen) atoms. The van der Waals surface area contributed by atoms with Gasteiger partial charge >= 0.3 is 0 Å². The van der Waals surface area contributed by atoms with Gasteiger partial charge in [0.2, 0.25) is 11.8 Å². The first kappa shape index (κ1) is 33.7. The van der Waals surface area contributed by atoms with E-state index in [2.05, 4.69) is 25.4 Å². The lowest BCUT2D eigenvalue weighted by Crippen LogP contribution is -2.62. The molecule has 2 amide bonds. The Hall–Kier alpha value is -3.63. The molecule has 1 fully saturated rings. The number of aliphatic hydroxyl groups is 2. The number of benzene rings is 2. The maximum Gasteiger partial charge on any atom is 0.239 e. The van der Waals surface area contributed by atoms with Crippen LogP contribution in [-0.2, 0) is 22.6 Å². The van der Waals surface area contributed by atoms with E-state index < -0.39 is 35.7 Å². The highest BCUT2D eigenvalue weighted by Gasteiger charge is 2.38. The molecular weight excluding hydrogens is 578 g/mol. The Labute approximate surface area is 273 Å². The van der Waals surface area contributed by atoms with Crippen molar-refractivity contribution in [2.75, 3.05) is 26.2 Å². The lowest BCUT2D eigenvalue weighted by Gasteiger charge is -2.42. The molecule has 2 aliphatic rings. The second-order valence-electron chi connectivity index (χ2n) is 14.0. The van der Waals surface area contributed by atoms with Gasteiger partial charge in [-0.05, 0) is 61.4 Å². The molecule has 0 unspecified atom stereocenters. The lowest BCUT2D eigenvalue weighted by atomic mass is 9.82. The van der Waals surface area contributed by atoms with E-state index >= 15 is 0 Å². The van der Waals surface area contributed by atoms with Crippen LogP contribution in [-0.4, -0.2) is 86.8 Å². The number of aromatic nitrogens is 1. The van der Waals surface area contributed by atoms with E-state index in [-0.39, 0.29) is 30.7 Å². The summed E-state index contributed by atoms with van der Waals surface area (Å²) in [5.74, 6) is -0.997. The molecule has 1 aliphatic heterocycles. The molecule has 9 nitrogen and oxygen atoms in total. The van der Waals surface area contributed by atoms with Crippen molar-refractivity contribution in [3.05, 3.63) is 101 Å². The third kappa shape index (κ3) is 8.59.